The molecule has 0 saturated carbocycles. The summed E-state index contributed by atoms with van der Waals surface area (Å²) in [6.45, 7) is 5.56. The third kappa shape index (κ3) is 4.70. The molecule has 0 radical (unpaired) electrons. The summed E-state index contributed by atoms with van der Waals surface area (Å²) < 4.78 is 6.71. The second-order valence-electron chi connectivity index (χ2n) is 6.65. The van der Waals surface area contributed by atoms with E-state index in [9.17, 15) is 9.59 Å². The van der Waals surface area contributed by atoms with Gasteiger partial charge in [0, 0.05) is 45.3 Å². The van der Waals surface area contributed by atoms with E-state index in [1.54, 1.807) is 21.7 Å². The van der Waals surface area contributed by atoms with Crippen molar-refractivity contribution in [2.75, 3.05) is 32.7 Å². The predicted molar refractivity (Wildman–Crippen MR) is 100 cm³/mol. The molecular formula is C18H24ClN5O3. The number of aryl methyl sites for hydroxylation is 2. The van der Waals surface area contributed by atoms with Crippen LogP contribution >= 0.6 is 11.6 Å². The molecule has 1 aliphatic heterocycles. The summed E-state index contributed by atoms with van der Waals surface area (Å²) in [5, 5.41) is 7.61. The highest BCUT2D eigenvalue weighted by Gasteiger charge is 2.22. The second kappa shape index (κ2) is 8.58. The molecule has 2 aromatic rings. The number of rotatable bonds is 5. The first kappa shape index (κ1) is 19.4. The van der Waals surface area contributed by atoms with Gasteiger partial charge in [0.2, 0.25) is 5.91 Å². The monoisotopic (exact) mass is 393 g/mol. The van der Waals surface area contributed by atoms with Crippen molar-refractivity contribution in [3.8, 4) is 0 Å². The minimum atomic E-state index is -0.383. The number of hydrogen-bond donors (Lipinski definition) is 1. The Labute approximate surface area is 163 Å². The molecule has 3 heterocycles. The summed E-state index contributed by atoms with van der Waals surface area (Å²) >= 11 is 6.33. The van der Waals surface area contributed by atoms with Crippen molar-refractivity contribution < 1.29 is 14.0 Å². The van der Waals surface area contributed by atoms with Gasteiger partial charge in [0.05, 0.1) is 18.5 Å². The molecule has 3 rings (SSSR count). The number of furan rings is 1. The van der Waals surface area contributed by atoms with Crippen molar-refractivity contribution in [2.24, 2.45) is 7.05 Å². The SMILES string of the molecule is Cc1nn(C)c(Cl)c1CN1CCCN(C(=O)CNC(=O)c2ccco2)CC1. The van der Waals surface area contributed by atoms with Gasteiger partial charge in [0.1, 0.15) is 5.15 Å². The van der Waals surface area contributed by atoms with E-state index in [-0.39, 0.29) is 24.1 Å². The van der Waals surface area contributed by atoms with E-state index in [2.05, 4.69) is 15.3 Å². The van der Waals surface area contributed by atoms with Crippen molar-refractivity contribution >= 4 is 23.4 Å². The molecule has 0 spiro atoms. The van der Waals surface area contributed by atoms with Crippen LogP contribution in [0.5, 0.6) is 0 Å². The number of nitrogens with zero attached hydrogens (tertiary/aromatic N) is 4. The molecule has 2 aromatic heterocycles. The fourth-order valence-corrected chi connectivity index (χ4v) is 3.45. The van der Waals surface area contributed by atoms with Gasteiger partial charge in [0.15, 0.2) is 5.76 Å². The van der Waals surface area contributed by atoms with Crippen molar-refractivity contribution in [3.63, 3.8) is 0 Å². The summed E-state index contributed by atoms with van der Waals surface area (Å²) in [7, 11) is 1.83. The van der Waals surface area contributed by atoms with Crippen LogP contribution in [0, 0.1) is 6.92 Å². The lowest BCUT2D eigenvalue weighted by Gasteiger charge is -2.22. The maximum absolute atomic E-state index is 12.4. The lowest BCUT2D eigenvalue weighted by atomic mass is 10.2. The highest BCUT2D eigenvalue weighted by Crippen LogP contribution is 2.21. The zero-order valence-corrected chi connectivity index (χ0v) is 16.3. The van der Waals surface area contributed by atoms with Gasteiger partial charge in [-0.05, 0) is 25.5 Å². The zero-order valence-electron chi connectivity index (χ0n) is 15.6. The Morgan fingerprint density at radius 3 is 2.78 bits per heavy atom. The van der Waals surface area contributed by atoms with Gasteiger partial charge in [-0.3, -0.25) is 19.2 Å². The maximum atomic E-state index is 12.4. The maximum Gasteiger partial charge on any atom is 0.287 e. The Morgan fingerprint density at radius 1 is 1.30 bits per heavy atom. The molecule has 1 aliphatic rings. The van der Waals surface area contributed by atoms with Crippen LogP contribution in [0.1, 0.15) is 28.2 Å². The lowest BCUT2D eigenvalue weighted by Crippen LogP contribution is -2.41. The number of carbonyl (C=O) groups is 2. The third-order valence-corrected chi connectivity index (χ3v) is 5.21. The fraction of sp³-hybridized carbons (Fsp3) is 0.500. The van der Waals surface area contributed by atoms with E-state index in [0.717, 1.165) is 37.3 Å². The molecule has 0 aromatic carbocycles. The fourth-order valence-electron chi connectivity index (χ4n) is 3.22. The van der Waals surface area contributed by atoms with Crippen molar-refractivity contribution in [1.82, 2.24) is 24.9 Å². The predicted octanol–water partition coefficient (Wildman–Crippen LogP) is 1.44. The summed E-state index contributed by atoms with van der Waals surface area (Å²) in [5.41, 5.74) is 1.96. The quantitative estimate of drug-likeness (QED) is 0.831. The number of amides is 2. The first-order valence-corrected chi connectivity index (χ1v) is 9.33. The van der Waals surface area contributed by atoms with E-state index in [0.29, 0.717) is 18.2 Å². The lowest BCUT2D eigenvalue weighted by molar-refractivity contribution is -0.130. The molecule has 9 heteroatoms. The topological polar surface area (TPSA) is 83.6 Å². The smallest absolute Gasteiger partial charge is 0.287 e. The Morgan fingerprint density at radius 2 is 2.11 bits per heavy atom. The van der Waals surface area contributed by atoms with E-state index in [4.69, 9.17) is 16.0 Å². The Hall–Kier alpha value is -2.32. The number of halogens is 1. The molecule has 2 amide bonds. The van der Waals surface area contributed by atoms with Gasteiger partial charge in [-0.15, -0.1) is 0 Å². The van der Waals surface area contributed by atoms with Gasteiger partial charge in [-0.1, -0.05) is 11.6 Å². The summed E-state index contributed by atoms with van der Waals surface area (Å²) in [5.74, 6) is -0.271. The number of aromatic nitrogens is 2. The molecular weight excluding hydrogens is 370 g/mol. The van der Waals surface area contributed by atoms with Crippen LogP contribution in [0.25, 0.3) is 0 Å². The molecule has 1 saturated heterocycles. The van der Waals surface area contributed by atoms with Crippen molar-refractivity contribution in [1.29, 1.82) is 0 Å². The Kier molecular flexibility index (Phi) is 6.18. The zero-order chi connectivity index (χ0) is 19.4. The molecule has 1 fully saturated rings. The van der Waals surface area contributed by atoms with Crippen LogP contribution in [0.2, 0.25) is 5.15 Å². The van der Waals surface area contributed by atoms with E-state index < -0.39 is 0 Å². The number of hydrogen-bond acceptors (Lipinski definition) is 5. The molecule has 0 bridgehead atoms. The highest BCUT2D eigenvalue weighted by atomic mass is 35.5. The molecule has 0 atom stereocenters. The third-order valence-electron chi connectivity index (χ3n) is 4.74. The van der Waals surface area contributed by atoms with Crippen molar-refractivity contribution in [3.05, 3.63) is 40.6 Å². The average molecular weight is 394 g/mol. The van der Waals surface area contributed by atoms with Crippen LogP contribution in [0.3, 0.4) is 0 Å². The first-order chi connectivity index (χ1) is 13.0. The van der Waals surface area contributed by atoms with Gasteiger partial charge in [0.25, 0.3) is 5.91 Å². The van der Waals surface area contributed by atoms with E-state index in [1.165, 1.54) is 6.26 Å². The minimum absolute atomic E-state index is 0.0346. The normalized spacial score (nSPS) is 15.6. The minimum Gasteiger partial charge on any atom is -0.459 e. The summed E-state index contributed by atoms with van der Waals surface area (Å²) in [4.78, 5) is 28.4. The Bertz CT molecular complexity index is 802. The van der Waals surface area contributed by atoms with E-state index in [1.807, 2.05) is 14.0 Å². The molecule has 8 nitrogen and oxygen atoms in total. The average Bonchev–Trinajstić information content (AvgIpc) is 3.18. The first-order valence-electron chi connectivity index (χ1n) is 8.95. The molecule has 146 valence electrons. The largest absolute Gasteiger partial charge is 0.459 e. The van der Waals surface area contributed by atoms with Crippen LogP contribution in [-0.2, 0) is 18.4 Å². The van der Waals surface area contributed by atoms with Gasteiger partial charge >= 0.3 is 0 Å². The van der Waals surface area contributed by atoms with E-state index >= 15 is 0 Å². The summed E-state index contributed by atoms with van der Waals surface area (Å²) in [6, 6.07) is 3.20. The van der Waals surface area contributed by atoms with Crippen LogP contribution in [0.15, 0.2) is 22.8 Å². The van der Waals surface area contributed by atoms with Crippen molar-refractivity contribution in [2.45, 2.75) is 19.9 Å². The van der Waals surface area contributed by atoms with Gasteiger partial charge in [-0.2, -0.15) is 5.10 Å². The second-order valence-corrected chi connectivity index (χ2v) is 7.01. The molecule has 27 heavy (non-hydrogen) atoms. The van der Waals surface area contributed by atoms with Crippen LogP contribution in [-0.4, -0.2) is 64.1 Å². The number of nitrogens with one attached hydrogen (secondary N) is 1. The Balaban J connectivity index is 1.50. The van der Waals surface area contributed by atoms with Crippen LogP contribution < -0.4 is 5.32 Å². The number of carbonyl (C=O) groups excluding carboxylic acids is 2. The van der Waals surface area contributed by atoms with Gasteiger partial charge in [-0.25, -0.2) is 0 Å². The van der Waals surface area contributed by atoms with Gasteiger partial charge < -0.3 is 14.6 Å². The molecule has 0 aliphatic carbocycles. The standard InChI is InChI=1S/C18H24ClN5O3/c1-13-14(17(19)22(2)21-13)12-23-6-4-7-24(9-8-23)16(25)11-20-18(26)15-5-3-10-27-15/h3,5,10H,4,6-9,11-12H2,1-2H3,(H,20,26). The molecule has 0 unspecified atom stereocenters. The van der Waals surface area contributed by atoms with Crippen LogP contribution in [0.4, 0.5) is 0 Å². The molecule has 1 N–H and O–H groups in total. The highest BCUT2D eigenvalue weighted by molar-refractivity contribution is 6.30. The summed E-state index contributed by atoms with van der Waals surface area (Å²) in [6.07, 6.45) is 2.30.